The van der Waals surface area contributed by atoms with Gasteiger partial charge in [-0.3, -0.25) is 9.69 Å². The molecule has 0 radical (unpaired) electrons. The summed E-state index contributed by atoms with van der Waals surface area (Å²) in [5.74, 6) is 0.993. The van der Waals surface area contributed by atoms with Crippen molar-refractivity contribution in [1.82, 2.24) is 15.0 Å². The molecule has 1 amide bonds. The lowest BCUT2D eigenvalue weighted by atomic mass is 10.1. The lowest BCUT2D eigenvalue weighted by molar-refractivity contribution is 0.0617. The van der Waals surface area contributed by atoms with Crippen LogP contribution >= 0.6 is 0 Å². The second-order valence-corrected chi connectivity index (χ2v) is 6.56. The molecule has 2 heterocycles. The lowest BCUT2D eigenvalue weighted by Crippen LogP contribution is -2.48. The third kappa shape index (κ3) is 3.42. The van der Waals surface area contributed by atoms with Crippen LogP contribution in [0.15, 0.2) is 53.1 Å². The Kier molecular flexibility index (Phi) is 4.24. The monoisotopic (exact) mass is 335 g/mol. The van der Waals surface area contributed by atoms with E-state index in [1.165, 1.54) is 0 Å². The van der Waals surface area contributed by atoms with E-state index < -0.39 is 0 Å². The topological polar surface area (TPSA) is 49.6 Å². The minimum Gasteiger partial charge on any atom is -0.360 e. The second-order valence-electron chi connectivity index (χ2n) is 6.56. The molecule has 0 bridgehead atoms. The van der Waals surface area contributed by atoms with Gasteiger partial charge in [-0.2, -0.15) is 0 Å². The molecular formula is C20H21N3O2. The van der Waals surface area contributed by atoms with Gasteiger partial charge in [0.05, 0.1) is 12.2 Å². The van der Waals surface area contributed by atoms with Gasteiger partial charge >= 0.3 is 0 Å². The van der Waals surface area contributed by atoms with Crippen LogP contribution in [0.2, 0.25) is 0 Å². The van der Waals surface area contributed by atoms with Crippen molar-refractivity contribution in [1.29, 1.82) is 0 Å². The Morgan fingerprint density at radius 3 is 2.52 bits per heavy atom. The molecule has 1 aliphatic heterocycles. The summed E-state index contributed by atoms with van der Waals surface area (Å²) in [6.45, 7) is 5.84. The largest absolute Gasteiger partial charge is 0.360 e. The zero-order valence-electron chi connectivity index (χ0n) is 14.3. The number of benzene rings is 2. The average molecular weight is 335 g/mol. The SMILES string of the molecule is Cc1cc(CN2CCN(C(=O)c3ccc4ccccc4c3)CC2)on1. The van der Waals surface area contributed by atoms with Crippen molar-refractivity contribution in [2.75, 3.05) is 26.2 Å². The molecule has 0 spiro atoms. The molecule has 5 heteroatoms. The number of hydrogen-bond donors (Lipinski definition) is 0. The molecule has 2 aromatic carbocycles. The van der Waals surface area contributed by atoms with Crippen molar-refractivity contribution in [2.24, 2.45) is 0 Å². The third-order valence-electron chi connectivity index (χ3n) is 4.71. The minimum absolute atomic E-state index is 0.112. The van der Waals surface area contributed by atoms with Crippen LogP contribution in [0.25, 0.3) is 10.8 Å². The van der Waals surface area contributed by atoms with E-state index in [-0.39, 0.29) is 5.91 Å². The summed E-state index contributed by atoms with van der Waals surface area (Å²) >= 11 is 0. The summed E-state index contributed by atoms with van der Waals surface area (Å²) in [4.78, 5) is 17.0. The van der Waals surface area contributed by atoms with Gasteiger partial charge in [-0.05, 0) is 29.8 Å². The highest BCUT2D eigenvalue weighted by atomic mass is 16.5. The Bertz CT molecular complexity index is 895. The summed E-state index contributed by atoms with van der Waals surface area (Å²) in [6, 6.07) is 16.0. The predicted octanol–water partition coefficient (Wildman–Crippen LogP) is 3.09. The van der Waals surface area contributed by atoms with Crippen LogP contribution in [-0.2, 0) is 6.54 Å². The molecule has 3 aromatic rings. The number of nitrogens with zero attached hydrogens (tertiary/aromatic N) is 3. The van der Waals surface area contributed by atoms with Crippen LogP contribution in [0.1, 0.15) is 21.8 Å². The van der Waals surface area contributed by atoms with E-state index in [4.69, 9.17) is 4.52 Å². The van der Waals surface area contributed by atoms with Crippen molar-refractivity contribution in [3.05, 3.63) is 65.5 Å². The number of hydrogen-bond acceptors (Lipinski definition) is 4. The highest BCUT2D eigenvalue weighted by Crippen LogP contribution is 2.18. The van der Waals surface area contributed by atoms with Crippen LogP contribution in [0, 0.1) is 6.92 Å². The van der Waals surface area contributed by atoms with Crippen molar-refractivity contribution >= 4 is 16.7 Å². The first-order chi connectivity index (χ1) is 12.2. The highest BCUT2D eigenvalue weighted by Gasteiger charge is 2.23. The van der Waals surface area contributed by atoms with E-state index >= 15 is 0 Å². The molecule has 1 saturated heterocycles. The second kappa shape index (κ2) is 6.69. The summed E-state index contributed by atoms with van der Waals surface area (Å²) in [5.41, 5.74) is 1.66. The van der Waals surface area contributed by atoms with E-state index in [1.54, 1.807) is 0 Å². The maximum absolute atomic E-state index is 12.8. The van der Waals surface area contributed by atoms with E-state index in [2.05, 4.69) is 16.1 Å². The number of aryl methyl sites for hydroxylation is 1. The maximum atomic E-state index is 12.8. The van der Waals surface area contributed by atoms with Gasteiger partial charge in [0.15, 0.2) is 5.76 Å². The molecule has 0 aliphatic carbocycles. The molecule has 5 nitrogen and oxygen atoms in total. The Morgan fingerprint density at radius 2 is 1.80 bits per heavy atom. The molecule has 0 unspecified atom stereocenters. The first kappa shape index (κ1) is 15.8. The van der Waals surface area contributed by atoms with E-state index in [0.717, 1.165) is 60.5 Å². The zero-order chi connectivity index (χ0) is 17.2. The van der Waals surface area contributed by atoms with Gasteiger partial charge in [-0.15, -0.1) is 0 Å². The maximum Gasteiger partial charge on any atom is 0.253 e. The van der Waals surface area contributed by atoms with Crippen molar-refractivity contribution in [3.8, 4) is 0 Å². The fourth-order valence-corrected chi connectivity index (χ4v) is 3.33. The minimum atomic E-state index is 0.112. The van der Waals surface area contributed by atoms with Gasteiger partial charge in [-0.25, -0.2) is 0 Å². The van der Waals surface area contributed by atoms with E-state index in [0.29, 0.717) is 0 Å². The van der Waals surface area contributed by atoms with Crippen molar-refractivity contribution in [2.45, 2.75) is 13.5 Å². The zero-order valence-corrected chi connectivity index (χ0v) is 14.3. The molecule has 1 aromatic heterocycles. The summed E-state index contributed by atoms with van der Waals surface area (Å²) in [7, 11) is 0. The first-order valence-electron chi connectivity index (χ1n) is 8.62. The third-order valence-corrected chi connectivity index (χ3v) is 4.71. The van der Waals surface area contributed by atoms with Gasteiger partial charge in [0.25, 0.3) is 5.91 Å². The standard InChI is InChI=1S/C20H21N3O2/c1-15-12-19(25-21-15)14-22-8-10-23(11-9-22)20(24)18-7-6-16-4-2-3-5-17(16)13-18/h2-7,12-13H,8-11,14H2,1H3. The van der Waals surface area contributed by atoms with Gasteiger partial charge in [0.1, 0.15) is 0 Å². The fourth-order valence-electron chi connectivity index (χ4n) is 3.33. The number of rotatable bonds is 3. The predicted molar refractivity (Wildman–Crippen MR) is 96.4 cm³/mol. The van der Waals surface area contributed by atoms with Gasteiger partial charge in [0.2, 0.25) is 0 Å². The summed E-state index contributed by atoms with van der Waals surface area (Å²) in [6.07, 6.45) is 0. The van der Waals surface area contributed by atoms with Gasteiger partial charge < -0.3 is 9.42 Å². The van der Waals surface area contributed by atoms with E-state index in [9.17, 15) is 4.79 Å². The summed E-state index contributed by atoms with van der Waals surface area (Å²) in [5, 5.41) is 6.19. The van der Waals surface area contributed by atoms with Crippen LogP contribution in [0.3, 0.4) is 0 Å². The Labute approximate surface area is 146 Å². The number of carbonyl (C=O) groups is 1. The Morgan fingerprint density at radius 1 is 1.04 bits per heavy atom. The van der Waals surface area contributed by atoms with Crippen LogP contribution in [-0.4, -0.2) is 47.0 Å². The van der Waals surface area contributed by atoms with Crippen molar-refractivity contribution < 1.29 is 9.32 Å². The number of aromatic nitrogens is 1. The lowest BCUT2D eigenvalue weighted by Gasteiger charge is -2.34. The highest BCUT2D eigenvalue weighted by molar-refractivity contribution is 5.98. The fraction of sp³-hybridized carbons (Fsp3) is 0.300. The molecule has 0 atom stereocenters. The number of fused-ring (bicyclic) bond motifs is 1. The number of amides is 1. The van der Waals surface area contributed by atoms with Gasteiger partial charge in [-0.1, -0.05) is 35.5 Å². The quantitative estimate of drug-likeness (QED) is 0.738. The molecule has 4 rings (SSSR count). The van der Waals surface area contributed by atoms with E-state index in [1.807, 2.05) is 54.3 Å². The molecule has 25 heavy (non-hydrogen) atoms. The van der Waals surface area contributed by atoms with Crippen molar-refractivity contribution in [3.63, 3.8) is 0 Å². The normalized spacial score (nSPS) is 15.6. The molecule has 0 N–H and O–H groups in total. The summed E-state index contributed by atoms with van der Waals surface area (Å²) < 4.78 is 5.28. The Balaban J connectivity index is 1.40. The number of piperazine rings is 1. The Hall–Kier alpha value is -2.66. The first-order valence-corrected chi connectivity index (χ1v) is 8.62. The molecule has 0 saturated carbocycles. The molecule has 1 fully saturated rings. The van der Waals surface area contributed by atoms with Gasteiger partial charge in [0, 0.05) is 37.8 Å². The van der Waals surface area contributed by atoms with Crippen LogP contribution in [0.4, 0.5) is 0 Å². The number of carbonyl (C=O) groups excluding carboxylic acids is 1. The molecule has 1 aliphatic rings. The smallest absolute Gasteiger partial charge is 0.253 e. The molecular weight excluding hydrogens is 314 g/mol. The van der Waals surface area contributed by atoms with Crippen LogP contribution in [0.5, 0.6) is 0 Å². The average Bonchev–Trinajstić information content (AvgIpc) is 3.06. The molecule has 128 valence electrons. The van der Waals surface area contributed by atoms with Crippen LogP contribution < -0.4 is 0 Å².